The van der Waals surface area contributed by atoms with Crippen molar-refractivity contribution in [3.05, 3.63) is 50.6 Å². The van der Waals surface area contributed by atoms with E-state index in [0.717, 1.165) is 48.6 Å². The van der Waals surface area contributed by atoms with Gasteiger partial charge in [0, 0.05) is 9.90 Å². The minimum atomic E-state index is -0.957. The summed E-state index contributed by atoms with van der Waals surface area (Å²) in [6, 6.07) is 5.72. The molecule has 5 nitrogen and oxygen atoms in total. The zero-order chi connectivity index (χ0) is 19.4. The number of carbonyl (C=O) groups is 2. The number of hydrogen-bond donors (Lipinski definition) is 1. The van der Waals surface area contributed by atoms with Crippen molar-refractivity contribution in [2.45, 2.75) is 32.1 Å². The Morgan fingerprint density at radius 1 is 1.30 bits per heavy atom. The van der Waals surface area contributed by atoms with Crippen molar-refractivity contribution in [1.29, 1.82) is 5.26 Å². The summed E-state index contributed by atoms with van der Waals surface area (Å²) in [6.07, 6.45) is 4.95. The second-order valence-corrected chi connectivity index (χ2v) is 7.67. The number of esters is 1. The molecular weight excluding hydrogens is 391 g/mol. The molecule has 0 saturated carbocycles. The number of ether oxygens (including phenoxy) is 1. The van der Waals surface area contributed by atoms with Crippen LogP contribution < -0.4 is 5.32 Å². The number of nitrogens with one attached hydrogen (secondary N) is 1. The molecule has 0 saturated heterocycles. The van der Waals surface area contributed by atoms with Gasteiger partial charge in [-0.05, 0) is 49.4 Å². The van der Waals surface area contributed by atoms with Crippen molar-refractivity contribution >= 4 is 39.8 Å². The van der Waals surface area contributed by atoms with Crippen LogP contribution in [0.4, 0.5) is 9.39 Å². The van der Waals surface area contributed by atoms with Gasteiger partial charge in [-0.1, -0.05) is 18.0 Å². The van der Waals surface area contributed by atoms with Crippen LogP contribution in [0, 0.1) is 17.1 Å². The van der Waals surface area contributed by atoms with Crippen LogP contribution in [0.5, 0.6) is 0 Å². The molecule has 1 aromatic heterocycles. The lowest BCUT2D eigenvalue weighted by Gasteiger charge is -2.07. The molecule has 0 spiro atoms. The second-order valence-electron chi connectivity index (χ2n) is 6.13. The highest BCUT2D eigenvalue weighted by Crippen LogP contribution is 2.36. The minimum Gasteiger partial charge on any atom is -0.452 e. The van der Waals surface area contributed by atoms with Gasteiger partial charge < -0.3 is 10.1 Å². The van der Waals surface area contributed by atoms with E-state index in [1.54, 1.807) is 0 Å². The van der Waals surface area contributed by atoms with Crippen LogP contribution >= 0.6 is 22.9 Å². The molecule has 0 unspecified atom stereocenters. The zero-order valence-corrected chi connectivity index (χ0v) is 15.9. The second kappa shape index (κ2) is 8.51. The quantitative estimate of drug-likeness (QED) is 0.599. The standard InChI is InChI=1S/C19H16ClFN2O3S/c20-11-6-7-13(15(21)8-11)19(25)26-10-17(24)23-18-14(9-22)12-4-2-1-3-5-16(12)27-18/h6-8H,1-5,10H2,(H,23,24). The zero-order valence-electron chi connectivity index (χ0n) is 14.3. The maximum atomic E-state index is 13.7. The predicted octanol–water partition coefficient (Wildman–Crippen LogP) is 4.48. The monoisotopic (exact) mass is 406 g/mol. The number of hydrogen-bond acceptors (Lipinski definition) is 5. The van der Waals surface area contributed by atoms with Gasteiger partial charge in [-0.25, -0.2) is 9.18 Å². The summed E-state index contributed by atoms with van der Waals surface area (Å²) >= 11 is 7.03. The summed E-state index contributed by atoms with van der Waals surface area (Å²) in [5.41, 5.74) is 1.20. The van der Waals surface area contributed by atoms with E-state index in [4.69, 9.17) is 16.3 Å². The summed E-state index contributed by atoms with van der Waals surface area (Å²) in [5.74, 6) is -2.35. The topological polar surface area (TPSA) is 79.2 Å². The van der Waals surface area contributed by atoms with Crippen LogP contribution in [0.25, 0.3) is 0 Å². The Kier molecular flexibility index (Phi) is 6.09. The first-order valence-corrected chi connectivity index (χ1v) is 9.65. The smallest absolute Gasteiger partial charge is 0.341 e. The Bertz CT molecular complexity index is 936. The maximum Gasteiger partial charge on any atom is 0.341 e. The molecule has 1 heterocycles. The fraction of sp³-hybridized carbons (Fsp3) is 0.316. The summed E-state index contributed by atoms with van der Waals surface area (Å²) in [4.78, 5) is 25.2. The molecule has 0 fully saturated rings. The van der Waals surface area contributed by atoms with E-state index in [1.165, 1.54) is 23.5 Å². The molecule has 8 heteroatoms. The van der Waals surface area contributed by atoms with E-state index in [-0.39, 0.29) is 10.6 Å². The largest absolute Gasteiger partial charge is 0.452 e. The van der Waals surface area contributed by atoms with Crippen molar-refractivity contribution in [2.75, 3.05) is 11.9 Å². The van der Waals surface area contributed by atoms with Gasteiger partial charge in [-0.15, -0.1) is 11.3 Å². The van der Waals surface area contributed by atoms with E-state index in [1.807, 2.05) is 0 Å². The average Bonchev–Trinajstić information content (AvgIpc) is 2.79. The fourth-order valence-electron chi connectivity index (χ4n) is 2.98. The lowest BCUT2D eigenvalue weighted by atomic mass is 10.1. The van der Waals surface area contributed by atoms with Gasteiger partial charge in [0.2, 0.25) is 0 Å². The predicted molar refractivity (Wildman–Crippen MR) is 101 cm³/mol. The van der Waals surface area contributed by atoms with Crippen LogP contribution in [0.1, 0.15) is 45.6 Å². The van der Waals surface area contributed by atoms with Crippen molar-refractivity contribution in [2.24, 2.45) is 0 Å². The van der Waals surface area contributed by atoms with Gasteiger partial charge in [0.1, 0.15) is 16.9 Å². The highest BCUT2D eigenvalue weighted by atomic mass is 35.5. The van der Waals surface area contributed by atoms with Gasteiger partial charge in [-0.2, -0.15) is 5.26 Å². The summed E-state index contributed by atoms with van der Waals surface area (Å²) < 4.78 is 18.6. The van der Waals surface area contributed by atoms with Crippen LogP contribution in [0.3, 0.4) is 0 Å². The molecule has 140 valence electrons. The Hall–Kier alpha value is -2.43. The molecule has 0 atom stereocenters. The number of anilines is 1. The molecular formula is C19H16ClFN2O3S. The van der Waals surface area contributed by atoms with E-state index in [0.29, 0.717) is 10.6 Å². The van der Waals surface area contributed by atoms with Gasteiger partial charge in [-0.3, -0.25) is 4.79 Å². The van der Waals surface area contributed by atoms with Crippen molar-refractivity contribution in [1.82, 2.24) is 0 Å². The van der Waals surface area contributed by atoms with E-state index >= 15 is 0 Å². The number of aryl methyl sites for hydroxylation is 1. The number of benzene rings is 1. The number of fused-ring (bicyclic) bond motifs is 1. The number of nitrogens with zero attached hydrogens (tertiary/aromatic N) is 1. The third kappa shape index (κ3) is 4.46. The van der Waals surface area contributed by atoms with E-state index < -0.39 is 24.3 Å². The third-order valence-electron chi connectivity index (χ3n) is 4.27. The Labute approximate surface area is 164 Å². The Morgan fingerprint density at radius 2 is 2.07 bits per heavy atom. The first kappa shape index (κ1) is 19.3. The molecule has 0 radical (unpaired) electrons. The fourth-order valence-corrected chi connectivity index (χ4v) is 4.39. The molecule has 0 aliphatic heterocycles. The summed E-state index contributed by atoms with van der Waals surface area (Å²) in [6.45, 7) is -0.575. The molecule has 1 amide bonds. The number of carbonyl (C=O) groups excluding carboxylic acids is 2. The molecule has 27 heavy (non-hydrogen) atoms. The van der Waals surface area contributed by atoms with Crippen LogP contribution in [-0.4, -0.2) is 18.5 Å². The molecule has 2 aromatic rings. The molecule has 1 aliphatic rings. The van der Waals surface area contributed by atoms with Crippen molar-refractivity contribution in [3.63, 3.8) is 0 Å². The van der Waals surface area contributed by atoms with Crippen LogP contribution in [0.15, 0.2) is 18.2 Å². The van der Waals surface area contributed by atoms with Gasteiger partial charge in [0.05, 0.1) is 11.1 Å². The Balaban J connectivity index is 1.64. The molecule has 1 aromatic carbocycles. The lowest BCUT2D eigenvalue weighted by Crippen LogP contribution is -2.21. The normalized spacial score (nSPS) is 13.2. The molecule has 3 rings (SSSR count). The SMILES string of the molecule is N#Cc1c(NC(=O)COC(=O)c2ccc(Cl)cc2F)sc2c1CCCCC2. The highest BCUT2D eigenvalue weighted by Gasteiger charge is 2.22. The Morgan fingerprint density at radius 3 is 2.81 bits per heavy atom. The van der Waals surface area contributed by atoms with E-state index in [2.05, 4.69) is 11.4 Å². The van der Waals surface area contributed by atoms with Crippen LogP contribution in [-0.2, 0) is 22.4 Å². The van der Waals surface area contributed by atoms with Crippen LogP contribution in [0.2, 0.25) is 5.02 Å². The third-order valence-corrected chi connectivity index (χ3v) is 5.71. The van der Waals surface area contributed by atoms with Crippen molar-refractivity contribution < 1.29 is 18.7 Å². The highest BCUT2D eigenvalue weighted by molar-refractivity contribution is 7.16. The number of nitriles is 1. The first-order chi connectivity index (χ1) is 13.0. The first-order valence-electron chi connectivity index (χ1n) is 8.46. The summed E-state index contributed by atoms with van der Waals surface area (Å²) in [5, 5.41) is 12.7. The van der Waals surface area contributed by atoms with Gasteiger partial charge in [0.25, 0.3) is 5.91 Å². The van der Waals surface area contributed by atoms with E-state index in [9.17, 15) is 19.2 Å². The van der Waals surface area contributed by atoms with Gasteiger partial charge >= 0.3 is 5.97 Å². The van der Waals surface area contributed by atoms with Crippen molar-refractivity contribution in [3.8, 4) is 6.07 Å². The minimum absolute atomic E-state index is 0.156. The maximum absolute atomic E-state index is 13.7. The molecule has 1 aliphatic carbocycles. The number of rotatable bonds is 4. The molecule has 1 N–H and O–H groups in total. The number of thiophene rings is 1. The number of halogens is 2. The van der Waals surface area contributed by atoms with Gasteiger partial charge in [0.15, 0.2) is 6.61 Å². The molecule has 0 bridgehead atoms. The number of amides is 1. The lowest BCUT2D eigenvalue weighted by molar-refractivity contribution is -0.119. The average molecular weight is 407 g/mol. The summed E-state index contributed by atoms with van der Waals surface area (Å²) in [7, 11) is 0.